The Labute approximate surface area is 77.6 Å². The Hall–Kier alpha value is -1.21. The minimum Gasteiger partial charge on any atom is -0.382 e. The van der Waals surface area contributed by atoms with E-state index in [0.717, 1.165) is 0 Å². The third-order valence-electron chi connectivity index (χ3n) is 1.56. The first kappa shape index (κ1) is 10.9. The lowest BCUT2D eigenvalue weighted by Gasteiger charge is -2.19. The van der Waals surface area contributed by atoms with Crippen LogP contribution in [-0.2, 0) is 0 Å². The van der Waals surface area contributed by atoms with E-state index in [1.54, 1.807) is 0 Å². The van der Waals surface area contributed by atoms with Crippen molar-refractivity contribution < 1.29 is 18.3 Å². The van der Waals surface area contributed by atoms with Gasteiger partial charge in [0.05, 0.1) is 0 Å². The van der Waals surface area contributed by atoms with Crippen molar-refractivity contribution in [1.29, 1.82) is 0 Å². The summed E-state index contributed by atoms with van der Waals surface area (Å²) in [6.07, 6.45) is -4.90. The molecule has 0 amide bonds. The molecule has 0 radical (unpaired) electrons. The average Bonchev–Trinajstić information content (AvgIpc) is 2.15. The summed E-state index contributed by atoms with van der Waals surface area (Å²) in [5.41, 5.74) is 5.13. The van der Waals surface area contributed by atoms with Crippen LogP contribution in [0.5, 0.6) is 0 Å². The number of hydrogen-bond acceptors (Lipinski definition) is 4. The second kappa shape index (κ2) is 3.89. The van der Waals surface area contributed by atoms with Crippen LogP contribution in [0.3, 0.4) is 0 Å². The van der Waals surface area contributed by atoms with Crippen LogP contribution in [0.4, 0.5) is 13.2 Å². The Morgan fingerprint density at radius 3 is 2.21 bits per heavy atom. The lowest BCUT2D eigenvalue weighted by Crippen LogP contribution is -2.39. The molecule has 0 bridgehead atoms. The monoisotopic (exact) mass is 207 g/mol. The van der Waals surface area contributed by atoms with E-state index >= 15 is 0 Å². The molecule has 0 fully saturated rings. The first-order valence-corrected chi connectivity index (χ1v) is 3.70. The van der Waals surface area contributed by atoms with Gasteiger partial charge in [-0.2, -0.15) is 13.2 Å². The van der Waals surface area contributed by atoms with Gasteiger partial charge < -0.3 is 10.8 Å². The Morgan fingerprint density at radius 2 is 1.79 bits per heavy atom. The molecule has 2 unspecified atom stereocenters. The first-order chi connectivity index (χ1) is 6.43. The Bertz CT molecular complexity index is 290. The molecule has 1 aromatic rings. The van der Waals surface area contributed by atoms with Crippen LogP contribution in [0.2, 0.25) is 0 Å². The molecule has 14 heavy (non-hydrogen) atoms. The van der Waals surface area contributed by atoms with E-state index in [-0.39, 0.29) is 5.82 Å². The number of halogens is 3. The molecule has 7 heteroatoms. The standard InChI is InChI=1S/C7H8F3N3O/c8-7(9,10)5(14)4(11)6-12-2-1-3-13-6/h1-5,14H,11H2. The summed E-state index contributed by atoms with van der Waals surface area (Å²) in [5, 5.41) is 8.78. The molecule has 0 saturated carbocycles. The van der Waals surface area contributed by atoms with Gasteiger partial charge in [-0.3, -0.25) is 0 Å². The van der Waals surface area contributed by atoms with Gasteiger partial charge in [0.25, 0.3) is 0 Å². The zero-order valence-electron chi connectivity index (χ0n) is 6.94. The molecule has 0 aromatic carbocycles. The fourth-order valence-corrected chi connectivity index (χ4v) is 0.828. The van der Waals surface area contributed by atoms with Gasteiger partial charge in [-0.1, -0.05) is 0 Å². The summed E-state index contributed by atoms with van der Waals surface area (Å²) in [7, 11) is 0. The molecule has 0 aliphatic carbocycles. The summed E-state index contributed by atoms with van der Waals surface area (Å²) >= 11 is 0. The molecular weight excluding hydrogens is 199 g/mol. The number of aromatic nitrogens is 2. The van der Waals surface area contributed by atoms with Crippen molar-refractivity contribution in [3.63, 3.8) is 0 Å². The van der Waals surface area contributed by atoms with Crippen LogP contribution in [0, 0.1) is 0 Å². The number of hydrogen-bond donors (Lipinski definition) is 2. The van der Waals surface area contributed by atoms with Gasteiger partial charge in [0, 0.05) is 12.4 Å². The van der Waals surface area contributed by atoms with Gasteiger partial charge >= 0.3 is 6.18 Å². The zero-order chi connectivity index (χ0) is 10.8. The molecule has 3 N–H and O–H groups in total. The summed E-state index contributed by atoms with van der Waals surface area (Å²) in [5.74, 6) is -0.239. The van der Waals surface area contributed by atoms with Gasteiger partial charge in [-0.05, 0) is 6.07 Å². The van der Waals surface area contributed by atoms with Gasteiger partial charge in [-0.15, -0.1) is 0 Å². The van der Waals surface area contributed by atoms with E-state index in [2.05, 4.69) is 9.97 Å². The van der Waals surface area contributed by atoms with Crippen molar-refractivity contribution in [1.82, 2.24) is 9.97 Å². The second-order valence-corrected chi connectivity index (χ2v) is 2.62. The minimum atomic E-state index is -4.77. The predicted molar refractivity (Wildman–Crippen MR) is 41.0 cm³/mol. The van der Waals surface area contributed by atoms with Crippen molar-refractivity contribution in [3.05, 3.63) is 24.3 Å². The molecule has 78 valence electrons. The van der Waals surface area contributed by atoms with E-state index in [0.29, 0.717) is 0 Å². The molecule has 1 rings (SSSR count). The Morgan fingerprint density at radius 1 is 1.29 bits per heavy atom. The fraction of sp³-hybridized carbons (Fsp3) is 0.429. The molecular formula is C7H8F3N3O. The highest BCUT2D eigenvalue weighted by molar-refractivity contribution is 4.98. The smallest absolute Gasteiger partial charge is 0.382 e. The van der Waals surface area contributed by atoms with Gasteiger partial charge in [0.1, 0.15) is 11.9 Å². The highest BCUT2D eigenvalue weighted by Gasteiger charge is 2.43. The topological polar surface area (TPSA) is 72.0 Å². The Balaban J connectivity index is 2.81. The van der Waals surface area contributed by atoms with Gasteiger partial charge in [0.15, 0.2) is 6.10 Å². The number of alkyl halides is 3. The van der Waals surface area contributed by atoms with Gasteiger partial charge in [-0.25, -0.2) is 9.97 Å². The van der Waals surface area contributed by atoms with Crippen LogP contribution in [0.25, 0.3) is 0 Å². The number of nitrogens with zero attached hydrogens (tertiary/aromatic N) is 2. The summed E-state index contributed by atoms with van der Waals surface area (Å²) < 4.78 is 36.0. The molecule has 0 saturated heterocycles. The van der Waals surface area contributed by atoms with Crippen LogP contribution in [0.1, 0.15) is 11.9 Å². The summed E-state index contributed by atoms with van der Waals surface area (Å²) in [6, 6.07) is -0.216. The van der Waals surface area contributed by atoms with Crippen LogP contribution < -0.4 is 5.73 Å². The van der Waals surface area contributed by atoms with Crippen LogP contribution in [-0.4, -0.2) is 27.4 Å². The Kier molecular flexibility index (Phi) is 3.02. The average molecular weight is 207 g/mol. The van der Waals surface area contributed by atoms with Crippen molar-refractivity contribution in [3.8, 4) is 0 Å². The zero-order valence-corrected chi connectivity index (χ0v) is 6.94. The maximum atomic E-state index is 12.0. The largest absolute Gasteiger partial charge is 0.416 e. The third-order valence-corrected chi connectivity index (χ3v) is 1.56. The highest BCUT2D eigenvalue weighted by atomic mass is 19.4. The maximum absolute atomic E-state index is 12.0. The van der Waals surface area contributed by atoms with E-state index in [9.17, 15) is 13.2 Å². The number of nitrogens with two attached hydrogens (primary N) is 1. The quantitative estimate of drug-likeness (QED) is 0.736. The van der Waals surface area contributed by atoms with Crippen LogP contribution in [0.15, 0.2) is 18.5 Å². The lowest BCUT2D eigenvalue weighted by atomic mass is 10.1. The SMILES string of the molecule is NC(c1ncccn1)C(O)C(F)(F)F. The van der Waals surface area contributed by atoms with E-state index in [1.165, 1.54) is 18.5 Å². The minimum absolute atomic E-state index is 0.239. The first-order valence-electron chi connectivity index (χ1n) is 3.70. The number of rotatable bonds is 2. The fourth-order valence-electron chi connectivity index (χ4n) is 0.828. The van der Waals surface area contributed by atoms with Crippen molar-refractivity contribution >= 4 is 0 Å². The molecule has 1 aromatic heterocycles. The van der Waals surface area contributed by atoms with E-state index in [4.69, 9.17) is 10.8 Å². The van der Waals surface area contributed by atoms with Crippen molar-refractivity contribution in [2.75, 3.05) is 0 Å². The lowest BCUT2D eigenvalue weighted by molar-refractivity contribution is -0.210. The summed E-state index contributed by atoms with van der Waals surface area (Å²) in [6.45, 7) is 0. The molecule has 1 heterocycles. The second-order valence-electron chi connectivity index (χ2n) is 2.62. The van der Waals surface area contributed by atoms with E-state index < -0.39 is 18.3 Å². The van der Waals surface area contributed by atoms with Gasteiger partial charge in [0.2, 0.25) is 0 Å². The maximum Gasteiger partial charge on any atom is 0.416 e. The molecule has 2 atom stereocenters. The number of aliphatic hydroxyl groups is 1. The van der Waals surface area contributed by atoms with Crippen molar-refractivity contribution in [2.45, 2.75) is 18.3 Å². The summed E-state index contributed by atoms with van der Waals surface area (Å²) in [4.78, 5) is 7.03. The van der Waals surface area contributed by atoms with Crippen molar-refractivity contribution in [2.24, 2.45) is 5.73 Å². The number of aliphatic hydroxyl groups excluding tert-OH is 1. The van der Waals surface area contributed by atoms with Crippen LogP contribution >= 0.6 is 0 Å². The normalized spacial score (nSPS) is 16.4. The highest BCUT2D eigenvalue weighted by Crippen LogP contribution is 2.26. The molecule has 0 aliphatic rings. The molecule has 4 nitrogen and oxygen atoms in total. The van der Waals surface area contributed by atoms with E-state index in [1.807, 2.05) is 0 Å². The third kappa shape index (κ3) is 2.39. The molecule has 0 spiro atoms. The molecule has 0 aliphatic heterocycles. The predicted octanol–water partition coefficient (Wildman–Crippen LogP) is 0.400.